The van der Waals surface area contributed by atoms with Crippen molar-refractivity contribution in [3.63, 3.8) is 0 Å². The third-order valence-electron chi connectivity index (χ3n) is 2.88. The van der Waals surface area contributed by atoms with Crippen molar-refractivity contribution in [2.75, 3.05) is 32.6 Å². The average Bonchev–Trinajstić information content (AvgIpc) is 2.99. The minimum absolute atomic E-state index is 0.0242. The van der Waals surface area contributed by atoms with Crippen molar-refractivity contribution in [1.29, 1.82) is 0 Å². The summed E-state index contributed by atoms with van der Waals surface area (Å²) in [5.41, 5.74) is 0.0932. The van der Waals surface area contributed by atoms with Gasteiger partial charge in [-0.05, 0) is 5.56 Å². The molecule has 0 amide bonds. The predicted octanol–water partition coefficient (Wildman–Crippen LogP) is 0.868. The highest BCUT2D eigenvalue weighted by atomic mass is 32.1. The highest BCUT2D eigenvalue weighted by molar-refractivity contribution is 7.19. The van der Waals surface area contributed by atoms with Crippen LogP contribution in [0.1, 0.15) is 15.2 Å². The lowest BCUT2D eigenvalue weighted by atomic mass is 10.1. The van der Waals surface area contributed by atoms with E-state index < -0.39 is 11.9 Å². The fourth-order valence-electron chi connectivity index (χ4n) is 1.81. The lowest BCUT2D eigenvalue weighted by Gasteiger charge is -2.20. The summed E-state index contributed by atoms with van der Waals surface area (Å²) in [6, 6.07) is 0. The molecular formula is C14H14N2O8S. The third kappa shape index (κ3) is 4.92. The molecule has 0 unspecified atom stereocenters. The first-order valence-corrected chi connectivity index (χ1v) is 7.39. The maximum absolute atomic E-state index is 12.0. The fourth-order valence-corrected chi connectivity index (χ4v) is 2.96. The van der Waals surface area contributed by atoms with Crippen molar-refractivity contribution in [2.45, 2.75) is 6.42 Å². The van der Waals surface area contributed by atoms with Gasteiger partial charge in [0.1, 0.15) is 9.88 Å². The molecule has 0 aliphatic carbocycles. The molecule has 0 atom stereocenters. The van der Waals surface area contributed by atoms with Crippen LogP contribution in [0.25, 0.3) is 4.85 Å². The molecule has 1 rings (SSSR count). The van der Waals surface area contributed by atoms with Crippen molar-refractivity contribution in [3.8, 4) is 0 Å². The molecule has 1 heterocycles. The zero-order valence-electron chi connectivity index (χ0n) is 13.3. The molecule has 0 N–H and O–H groups in total. The van der Waals surface area contributed by atoms with Crippen LogP contribution in [-0.2, 0) is 39.8 Å². The number of nitrogens with zero attached hydrogens (tertiary/aromatic N) is 2. The lowest BCUT2D eigenvalue weighted by Crippen LogP contribution is -2.28. The maximum Gasteiger partial charge on any atom is 0.347 e. The number of thiophene rings is 1. The summed E-state index contributed by atoms with van der Waals surface area (Å²) < 4.78 is 18.5. The molecule has 0 fully saturated rings. The molecule has 0 aromatic carbocycles. The van der Waals surface area contributed by atoms with E-state index in [4.69, 9.17) is 6.57 Å². The molecule has 11 heteroatoms. The Morgan fingerprint density at radius 2 is 1.76 bits per heavy atom. The normalized spacial score (nSPS) is 9.48. The Labute approximate surface area is 146 Å². The van der Waals surface area contributed by atoms with Crippen LogP contribution in [0.5, 0.6) is 0 Å². The molecule has 134 valence electrons. The third-order valence-corrected chi connectivity index (χ3v) is 4.14. The van der Waals surface area contributed by atoms with Gasteiger partial charge in [0.25, 0.3) is 12.9 Å². The van der Waals surface area contributed by atoms with E-state index in [0.29, 0.717) is 0 Å². The van der Waals surface area contributed by atoms with Crippen LogP contribution < -0.4 is 4.90 Å². The van der Waals surface area contributed by atoms with Gasteiger partial charge in [-0.25, -0.2) is 9.64 Å². The molecule has 10 nitrogen and oxygen atoms in total. The van der Waals surface area contributed by atoms with Gasteiger partial charge < -0.3 is 23.8 Å². The van der Waals surface area contributed by atoms with Crippen LogP contribution in [0, 0.1) is 6.57 Å². The number of rotatable bonds is 10. The highest BCUT2D eigenvalue weighted by Gasteiger charge is 2.28. The number of anilines is 1. The first-order valence-electron chi connectivity index (χ1n) is 6.57. The molecule has 25 heavy (non-hydrogen) atoms. The van der Waals surface area contributed by atoms with E-state index in [1.54, 1.807) is 0 Å². The van der Waals surface area contributed by atoms with Gasteiger partial charge in [0.2, 0.25) is 5.69 Å². The van der Waals surface area contributed by atoms with Crippen molar-refractivity contribution in [1.82, 2.24) is 0 Å². The molecule has 1 aromatic heterocycles. The SMILES string of the molecule is [C-]#[N+]c1c(N(COC=O)COC=O)sc(C(=O)OC)c1CC(=O)OC. The van der Waals surface area contributed by atoms with Crippen LogP contribution in [0.2, 0.25) is 0 Å². The van der Waals surface area contributed by atoms with Crippen LogP contribution in [0.15, 0.2) is 0 Å². The number of hydrogen-bond acceptors (Lipinski definition) is 10. The van der Waals surface area contributed by atoms with Crippen molar-refractivity contribution >= 4 is 46.9 Å². The predicted molar refractivity (Wildman–Crippen MR) is 84.2 cm³/mol. The Kier molecular flexibility index (Phi) is 7.88. The van der Waals surface area contributed by atoms with E-state index in [-0.39, 0.29) is 54.0 Å². The molecule has 0 saturated carbocycles. The second kappa shape index (κ2) is 9.89. The summed E-state index contributed by atoms with van der Waals surface area (Å²) in [7, 11) is 2.33. The summed E-state index contributed by atoms with van der Waals surface area (Å²) in [5.74, 6) is -1.40. The molecule has 0 bridgehead atoms. The zero-order chi connectivity index (χ0) is 18.8. The number of hydrogen-bond donors (Lipinski definition) is 0. The lowest BCUT2D eigenvalue weighted by molar-refractivity contribution is -0.139. The van der Waals surface area contributed by atoms with E-state index >= 15 is 0 Å². The van der Waals surface area contributed by atoms with Crippen LogP contribution in [0.4, 0.5) is 10.7 Å². The quantitative estimate of drug-likeness (QED) is 0.195. The first-order chi connectivity index (χ1) is 12.0. The monoisotopic (exact) mass is 370 g/mol. The molecule has 0 saturated heterocycles. The van der Waals surface area contributed by atoms with Gasteiger partial charge in [0.15, 0.2) is 13.5 Å². The summed E-state index contributed by atoms with van der Waals surface area (Å²) >= 11 is 0.843. The van der Waals surface area contributed by atoms with Gasteiger partial charge in [-0.1, -0.05) is 0 Å². The smallest absolute Gasteiger partial charge is 0.347 e. The van der Waals surface area contributed by atoms with Crippen LogP contribution >= 0.6 is 11.3 Å². The molecule has 0 spiro atoms. The molecule has 0 radical (unpaired) electrons. The van der Waals surface area contributed by atoms with Crippen molar-refractivity contribution in [2.24, 2.45) is 0 Å². The van der Waals surface area contributed by atoms with E-state index in [9.17, 15) is 19.2 Å². The molecule has 0 aliphatic heterocycles. The Morgan fingerprint density at radius 1 is 1.16 bits per heavy atom. The molecule has 1 aromatic rings. The topological polar surface area (TPSA) is 113 Å². The number of methoxy groups -OCH3 is 2. The highest BCUT2D eigenvalue weighted by Crippen LogP contribution is 2.43. The van der Waals surface area contributed by atoms with Gasteiger partial charge in [-0.3, -0.25) is 14.4 Å². The Hall–Kier alpha value is -3.13. The molecular weight excluding hydrogens is 356 g/mol. The summed E-state index contributed by atoms with van der Waals surface area (Å²) in [6.07, 6.45) is -0.327. The Bertz CT molecular complexity index is 682. The second-order valence-electron chi connectivity index (χ2n) is 4.24. The number of carbonyl (C=O) groups is 4. The van der Waals surface area contributed by atoms with Crippen LogP contribution in [0.3, 0.4) is 0 Å². The number of ether oxygens (including phenoxy) is 4. The van der Waals surface area contributed by atoms with E-state index in [1.165, 1.54) is 12.0 Å². The summed E-state index contributed by atoms with van der Waals surface area (Å²) in [5, 5.41) is 0.179. The second-order valence-corrected chi connectivity index (χ2v) is 5.24. The van der Waals surface area contributed by atoms with E-state index in [2.05, 4.69) is 23.8 Å². The fraction of sp³-hybridized carbons (Fsp3) is 0.357. The van der Waals surface area contributed by atoms with Gasteiger partial charge >= 0.3 is 11.9 Å². The number of esters is 2. The van der Waals surface area contributed by atoms with Crippen LogP contribution in [-0.4, -0.2) is 52.6 Å². The van der Waals surface area contributed by atoms with Gasteiger partial charge in [0.05, 0.1) is 27.2 Å². The van der Waals surface area contributed by atoms with Crippen molar-refractivity contribution in [3.05, 3.63) is 21.9 Å². The Balaban J connectivity index is 3.43. The number of carbonyl (C=O) groups excluding carboxylic acids is 4. The maximum atomic E-state index is 12.0. The van der Waals surface area contributed by atoms with E-state index in [0.717, 1.165) is 18.4 Å². The molecule has 0 aliphatic rings. The van der Waals surface area contributed by atoms with Gasteiger partial charge in [0, 0.05) is 0 Å². The van der Waals surface area contributed by atoms with E-state index in [1.807, 2.05) is 0 Å². The van der Waals surface area contributed by atoms with Gasteiger partial charge in [-0.2, -0.15) is 0 Å². The summed E-state index contributed by atoms with van der Waals surface area (Å²) in [4.78, 5) is 49.1. The minimum Gasteiger partial charge on any atom is -0.469 e. The standard InChI is InChI=1S/C14H14N2O8S/c1-15-11-9(4-10(19)21-2)12(14(20)22-3)25-13(11)16(5-23-7-17)6-24-8-18/h7-8H,4-6H2,2-3H3. The zero-order valence-corrected chi connectivity index (χ0v) is 14.2. The van der Waals surface area contributed by atoms with Crippen molar-refractivity contribution < 1.29 is 38.1 Å². The minimum atomic E-state index is -0.743. The first kappa shape index (κ1) is 19.9. The summed E-state index contributed by atoms with van der Waals surface area (Å²) in [6.45, 7) is 7.05. The Morgan fingerprint density at radius 3 is 2.20 bits per heavy atom. The van der Waals surface area contributed by atoms with Gasteiger partial charge in [-0.15, -0.1) is 11.3 Å². The average molecular weight is 370 g/mol. The largest absolute Gasteiger partial charge is 0.469 e.